The SMILES string of the molecule is CN(C)c1ccc([C@@H]2CC(c3cccc(NS(C)(=O)=O)c3)=NN2C(=O)c2ccccc2)cc1. The molecule has 0 fully saturated rings. The number of benzene rings is 3. The van der Waals surface area contributed by atoms with Crippen LogP contribution in [0, 0.1) is 0 Å². The Morgan fingerprint density at radius 1 is 1.00 bits per heavy atom. The molecule has 7 nitrogen and oxygen atoms in total. The van der Waals surface area contributed by atoms with E-state index in [-0.39, 0.29) is 11.9 Å². The molecule has 0 saturated heterocycles. The molecule has 1 heterocycles. The number of hydrazone groups is 1. The van der Waals surface area contributed by atoms with Crippen LogP contribution in [-0.2, 0) is 10.0 Å². The smallest absolute Gasteiger partial charge is 0.274 e. The lowest BCUT2D eigenvalue weighted by Gasteiger charge is -2.23. The first-order chi connectivity index (χ1) is 15.7. The van der Waals surface area contributed by atoms with Crippen molar-refractivity contribution in [2.45, 2.75) is 12.5 Å². The van der Waals surface area contributed by atoms with Gasteiger partial charge in [0.2, 0.25) is 10.0 Å². The second-order valence-electron chi connectivity index (χ2n) is 8.22. The molecule has 1 atom stereocenters. The Kier molecular flexibility index (Phi) is 6.20. The molecule has 1 N–H and O–H groups in total. The average molecular weight is 463 g/mol. The quantitative estimate of drug-likeness (QED) is 0.598. The van der Waals surface area contributed by atoms with Gasteiger partial charge in [0.15, 0.2) is 0 Å². The standard InChI is InChI=1S/C25H26N4O3S/c1-28(2)22-14-12-18(13-15-22)24-17-23(20-10-7-11-21(16-20)27-33(3,31)32)26-29(24)25(30)19-8-5-4-6-9-19/h4-16,24,27H,17H2,1-3H3/t24-/m0/s1. The first-order valence-corrected chi connectivity index (χ1v) is 12.4. The number of nitrogens with zero attached hydrogens (tertiary/aromatic N) is 3. The molecule has 4 rings (SSSR count). The Bertz CT molecular complexity index is 1290. The van der Waals surface area contributed by atoms with Crippen LogP contribution in [0.2, 0.25) is 0 Å². The second-order valence-corrected chi connectivity index (χ2v) is 9.97. The Morgan fingerprint density at radius 3 is 2.33 bits per heavy atom. The van der Waals surface area contributed by atoms with E-state index >= 15 is 0 Å². The van der Waals surface area contributed by atoms with Gasteiger partial charge in [0.05, 0.1) is 18.0 Å². The fourth-order valence-electron chi connectivity index (χ4n) is 3.82. The van der Waals surface area contributed by atoms with Crippen molar-refractivity contribution in [3.8, 4) is 0 Å². The maximum Gasteiger partial charge on any atom is 0.274 e. The van der Waals surface area contributed by atoms with Gasteiger partial charge >= 0.3 is 0 Å². The van der Waals surface area contributed by atoms with Crippen molar-refractivity contribution in [1.29, 1.82) is 0 Å². The normalized spacial score (nSPS) is 15.8. The first-order valence-electron chi connectivity index (χ1n) is 10.5. The molecule has 1 aliphatic rings. The molecule has 1 amide bonds. The van der Waals surface area contributed by atoms with Crippen molar-refractivity contribution in [3.05, 3.63) is 95.6 Å². The van der Waals surface area contributed by atoms with Gasteiger partial charge in [-0.15, -0.1) is 0 Å². The maximum atomic E-state index is 13.4. The Morgan fingerprint density at radius 2 is 1.70 bits per heavy atom. The second kappa shape index (κ2) is 9.07. The lowest BCUT2D eigenvalue weighted by Crippen LogP contribution is -2.27. The van der Waals surface area contributed by atoms with Gasteiger partial charge < -0.3 is 4.90 Å². The van der Waals surface area contributed by atoms with Crippen LogP contribution in [0.15, 0.2) is 84.0 Å². The lowest BCUT2D eigenvalue weighted by molar-refractivity contribution is 0.0711. The molecule has 0 unspecified atom stereocenters. The first kappa shape index (κ1) is 22.5. The fraction of sp³-hybridized carbons (Fsp3) is 0.200. The molecule has 0 aromatic heterocycles. The van der Waals surface area contributed by atoms with E-state index in [1.165, 1.54) is 5.01 Å². The number of carbonyl (C=O) groups excluding carboxylic acids is 1. The molecule has 0 bridgehead atoms. The van der Waals surface area contributed by atoms with E-state index in [0.29, 0.717) is 17.7 Å². The van der Waals surface area contributed by atoms with Gasteiger partial charge in [0, 0.05) is 37.5 Å². The molecule has 33 heavy (non-hydrogen) atoms. The van der Waals surface area contributed by atoms with Crippen LogP contribution in [0.5, 0.6) is 0 Å². The van der Waals surface area contributed by atoms with Crippen molar-refractivity contribution in [2.24, 2.45) is 5.10 Å². The number of hydrogen-bond donors (Lipinski definition) is 1. The summed E-state index contributed by atoms with van der Waals surface area (Å²) >= 11 is 0. The lowest BCUT2D eigenvalue weighted by atomic mass is 9.97. The highest BCUT2D eigenvalue weighted by Gasteiger charge is 2.33. The largest absolute Gasteiger partial charge is 0.378 e. The van der Waals surface area contributed by atoms with E-state index in [2.05, 4.69) is 4.72 Å². The summed E-state index contributed by atoms with van der Waals surface area (Å²) in [6, 6.07) is 24.0. The zero-order valence-electron chi connectivity index (χ0n) is 18.8. The molecule has 0 aliphatic carbocycles. The van der Waals surface area contributed by atoms with Crippen molar-refractivity contribution in [3.63, 3.8) is 0 Å². The van der Waals surface area contributed by atoms with E-state index in [4.69, 9.17) is 5.10 Å². The molecule has 8 heteroatoms. The van der Waals surface area contributed by atoms with Crippen LogP contribution < -0.4 is 9.62 Å². The molecular weight excluding hydrogens is 436 g/mol. The number of anilines is 2. The van der Waals surface area contributed by atoms with Crippen LogP contribution in [-0.4, -0.2) is 45.4 Å². The molecule has 1 aliphatic heterocycles. The monoisotopic (exact) mass is 462 g/mol. The summed E-state index contributed by atoms with van der Waals surface area (Å²) in [6.45, 7) is 0. The average Bonchev–Trinajstić information content (AvgIpc) is 3.24. The third-order valence-electron chi connectivity index (χ3n) is 5.43. The van der Waals surface area contributed by atoms with Crippen molar-refractivity contribution < 1.29 is 13.2 Å². The summed E-state index contributed by atoms with van der Waals surface area (Å²) in [5.74, 6) is -0.183. The van der Waals surface area contributed by atoms with Gasteiger partial charge in [-0.2, -0.15) is 5.10 Å². The Hall–Kier alpha value is -3.65. The molecule has 0 radical (unpaired) electrons. The Balaban J connectivity index is 1.71. The predicted octanol–water partition coefficient (Wildman–Crippen LogP) is 4.12. The van der Waals surface area contributed by atoms with E-state index in [9.17, 15) is 13.2 Å². The minimum atomic E-state index is -3.40. The van der Waals surface area contributed by atoms with Gasteiger partial charge in [-0.3, -0.25) is 9.52 Å². The zero-order valence-corrected chi connectivity index (χ0v) is 19.6. The van der Waals surface area contributed by atoms with Gasteiger partial charge in [-0.05, 0) is 47.5 Å². The summed E-state index contributed by atoms with van der Waals surface area (Å²) in [4.78, 5) is 15.4. The minimum absolute atomic E-state index is 0.183. The topological polar surface area (TPSA) is 82.1 Å². The van der Waals surface area contributed by atoms with E-state index < -0.39 is 10.0 Å². The highest BCUT2D eigenvalue weighted by atomic mass is 32.2. The summed E-state index contributed by atoms with van der Waals surface area (Å²) in [5.41, 5.74) is 4.55. The number of amides is 1. The van der Waals surface area contributed by atoms with Crippen LogP contribution in [0.4, 0.5) is 11.4 Å². The van der Waals surface area contributed by atoms with Crippen molar-refractivity contribution in [2.75, 3.05) is 30.0 Å². The van der Waals surface area contributed by atoms with E-state index in [1.807, 2.05) is 67.5 Å². The number of nitrogens with one attached hydrogen (secondary N) is 1. The van der Waals surface area contributed by atoms with Gasteiger partial charge in [0.1, 0.15) is 0 Å². The Labute approximate surface area is 194 Å². The molecule has 0 saturated carbocycles. The predicted molar refractivity (Wildman–Crippen MR) is 132 cm³/mol. The highest BCUT2D eigenvalue weighted by Crippen LogP contribution is 2.35. The molecule has 0 spiro atoms. The third kappa shape index (κ3) is 5.23. The summed E-state index contributed by atoms with van der Waals surface area (Å²) in [5, 5.41) is 6.23. The van der Waals surface area contributed by atoms with Crippen LogP contribution in [0.3, 0.4) is 0 Å². The maximum absolute atomic E-state index is 13.4. The summed E-state index contributed by atoms with van der Waals surface area (Å²) in [7, 11) is 0.560. The van der Waals surface area contributed by atoms with Gasteiger partial charge in [-0.1, -0.05) is 42.5 Å². The molecule has 3 aromatic rings. The van der Waals surface area contributed by atoms with Gasteiger partial charge in [0.25, 0.3) is 5.91 Å². The molecule has 170 valence electrons. The third-order valence-corrected chi connectivity index (χ3v) is 6.04. The molecular formula is C25H26N4O3S. The van der Waals surface area contributed by atoms with Gasteiger partial charge in [-0.25, -0.2) is 13.4 Å². The van der Waals surface area contributed by atoms with Crippen molar-refractivity contribution in [1.82, 2.24) is 5.01 Å². The fourth-order valence-corrected chi connectivity index (χ4v) is 4.37. The molecule has 3 aromatic carbocycles. The van der Waals surface area contributed by atoms with Crippen LogP contribution in [0.25, 0.3) is 0 Å². The van der Waals surface area contributed by atoms with Crippen LogP contribution >= 0.6 is 0 Å². The zero-order chi connectivity index (χ0) is 23.6. The number of sulfonamides is 1. The number of hydrogen-bond acceptors (Lipinski definition) is 5. The number of rotatable bonds is 6. The van der Waals surface area contributed by atoms with E-state index in [1.54, 1.807) is 30.3 Å². The summed E-state index contributed by atoms with van der Waals surface area (Å²) < 4.78 is 25.8. The number of carbonyl (C=O) groups is 1. The van der Waals surface area contributed by atoms with Crippen LogP contribution in [0.1, 0.15) is 33.9 Å². The van der Waals surface area contributed by atoms with E-state index in [0.717, 1.165) is 28.8 Å². The minimum Gasteiger partial charge on any atom is -0.378 e. The summed E-state index contributed by atoms with van der Waals surface area (Å²) in [6.07, 6.45) is 1.63. The highest BCUT2D eigenvalue weighted by molar-refractivity contribution is 7.92. The van der Waals surface area contributed by atoms with Crippen molar-refractivity contribution >= 4 is 33.0 Å².